The van der Waals surface area contributed by atoms with E-state index in [0.29, 0.717) is 24.6 Å². The maximum Gasteiger partial charge on any atom is 0.251 e. The molecule has 0 saturated heterocycles. The summed E-state index contributed by atoms with van der Waals surface area (Å²) in [6, 6.07) is 2.89. The smallest absolute Gasteiger partial charge is 0.251 e. The van der Waals surface area contributed by atoms with Crippen LogP contribution in [0.5, 0.6) is 0 Å². The molecule has 1 atom stereocenters. The van der Waals surface area contributed by atoms with E-state index in [9.17, 15) is 9.59 Å². The zero-order valence-electron chi connectivity index (χ0n) is 10.7. The molecular weight excluding hydrogens is 230 g/mol. The maximum absolute atomic E-state index is 11.8. The van der Waals surface area contributed by atoms with E-state index >= 15 is 0 Å². The van der Waals surface area contributed by atoms with E-state index in [1.807, 2.05) is 0 Å². The van der Waals surface area contributed by atoms with Crippen molar-refractivity contribution in [2.24, 2.45) is 11.7 Å². The minimum absolute atomic E-state index is 0.209. The molecule has 1 amide bonds. The molecule has 1 aromatic rings. The molecule has 0 fully saturated rings. The summed E-state index contributed by atoms with van der Waals surface area (Å²) in [7, 11) is 0. The number of pyridine rings is 1. The minimum atomic E-state index is -0.269. The van der Waals surface area contributed by atoms with Gasteiger partial charge in [-0.2, -0.15) is 0 Å². The lowest BCUT2D eigenvalue weighted by Gasteiger charge is -2.15. The molecule has 0 aliphatic carbocycles. The number of hydrogen-bond donors (Lipinski definition) is 3. The predicted molar refractivity (Wildman–Crippen MR) is 71.5 cm³/mol. The maximum atomic E-state index is 11.8. The Balaban J connectivity index is 2.51. The molecule has 0 spiro atoms. The van der Waals surface area contributed by atoms with Crippen LogP contribution >= 0.6 is 0 Å². The SMILES string of the molecule is CCCC(CCN)CNC(=O)c1cc[nH]c(=O)c1. The summed E-state index contributed by atoms with van der Waals surface area (Å²) in [4.78, 5) is 25.4. The Morgan fingerprint density at radius 2 is 2.28 bits per heavy atom. The molecular formula is C13H21N3O2. The van der Waals surface area contributed by atoms with Gasteiger partial charge in [-0.05, 0) is 31.4 Å². The van der Waals surface area contributed by atoms with Crippen molar-refractivity contribution in [1.82, 2.24) is 10.3 Å². The van der Waals surface area contributed by atoms with Gasteiger partial charge < -0.3 is 16.0 Å². The van der Waals surface area contributed by atoms with Crippen LogP contribution in [0.1, 0.15) is 36.5 Å². The monoisotopic (exact) mass is 251 g/mol. The number of carbonyl (C=O) groups is 1. The van der Waals surface area contributed by atoms with Crippen molar-refractivity contribution in [3.05, 3.63) is 34.2 Å². The number of aromatic amines is 1. The molecule has 1 unspecified atom stereocenters. The second-order valence-corrected chi connectivity index (χ2v) is 4.38. The number of hydrogen-bond acceptors (Lipinski definition) is 3. The van der Waals surface area contributed by atoms with Gasteiger partial charge in [0.2, 0.25) is 5.56 Å². The Morgan fingerprint density at radius 1 is 1.50 bits per heavy atom. The van der Waals surface area contributed by atoms with E-state index in [-0.39, 0.29) is 11.5 Å². The van der Waals surface area contributed by atoms with E-state index in [1.165, 1.54) is 12.3 Å². The quantitative estimate of drug-likeness (QED) is 0.672. The van der Waals surface area contributed by atoms with Gasteiger partial charge in [0, 0.05) is 24.4 Å². The third kappa shape index (κ3) is 4.71. The molecule has 0 aliphatic rings. The van der Waals surface area contributed by atoms with E-state index in [2.05, 4.69) is 17.2 Å². The predicted octanol–water partition coefficient (Wildman–Crippen LogP) is 0.870. The highest BCUT2D eigenvalue weighted by Gasteiger charge is 2.10. The summed E-state index contributed by atoms with van der Waals surface area (Å²) in [5.74, 6) is 0.199. The normalized spacial score (nSPS) is 12.1. The van der Waals surface area contributed by atoms with Gasteiger partial charge in [0.1, 0.15) is 0 Å². The first-order valence-electron chi connectivity index (χ1n) is 6.34. The topological polar surface area (TPSA) is 88.0 Å². The lowest BCUT2D eigenvalue weighted by atomic mass is 10.00. The van der Waals surface area contributed by atoms with Crippen LogP contribution in [-0.2, 0) is 0 Å². The molecule has 0 radical (unpaired) electrons. The molecule has 1 heterocycles. The molecule has 18 heavy (non-hydrogen) atoms. The number of nitrogens with two attached hydrogens (primary N) is 1. The summed E-state index contributed by atoms with van der Waals surface area (Å²) in [5.41, 5.74) is 5.66. The molecule has 100 valence electrons. The van der Waals surface area contributed by atoms with Crippen molar-refractivity contribution in [2.45, 2.75) is 26.2 Å². The highest BCUT2D eigenvalue weighted by molar-refractivity contribution is 5.93. The van der Waals surface area contributed by atoms with Crippen molar-refractivity contribution < 1.29 is 4.79 Å². The summed E-state index contributed by atoms with van der Waals surface area (Å²) in [6.45, 7) is 3.35. The standard InChI is InChI=1S/C13H21N3O2/c1-2-3-10(4-6-14)9-16-13(18)11-5-7-15-12(17)8-11/h5,7-8,10H,2-4,6,9,14H2,1H3,(H,15,17)(H,16,18). The Kier molecular flexibility index (Phi) is 6.14. The number of amides is 1. The Bertz CT molecular complexity index is 422. The number of H-pyrrole nitrogens is 1. The van der Waals surface area contributed by atoms with E-state index in [0.717, 1.165) is 19.3 Å². The van der Waals surface area contributed by atoms with Gasteiger partial charge in [-0.15, -0.1) is 0 Å². The average molecular weight is 251 g/mol. The second kappa shape index (κ2) is 7.66. The summed E-state index contributed by atoms with van der Waals surface area (Å²) >= 11 is 0. The van der Waals surface area contributed by atoms with Crippen LogP contribution in [0.15, 0.2) is 23.1 Å². The van der Waals surface area contributed by atoms with Crippen LogP contribution in [0.4, 0.5) is 0 Å². The van der Waals surface area contributed by atoms with Gasteiger partial charge >= 0.3 is 0 Å². The van der Waals surface area contributed by atoms with E-state index < -0.39 is 0 Å². The minimum Gasteiger partial charge on any atom is -0.352 e. The van der Waals surface area contributed by atoms with Crippen LogP contribution < -0.4 is 16.6 Å². The van der Waals surface area contributed by atoms with Crippen LogP contribution in [0, 0.1) is 5.92 Å². The fraction of sp³-hybridized carbons (Fsp3) is 0.538. The highest BCUT2D eigenvalue weighted by Crippen LogP contribution is 2.09. The molecule has 0 saturated carbocycles. The van der Waals surface area contributed by atoms with Crippen LogP contribution in [0.2, 0.25) is 0 Å². The number of rotatable bonds is 7. The average Bonchev–Trinajstić information content (AvgIpc) is 2.36. The van der Waals surface area contributed by atoms with E-state index in [4.69, 9.17) is 5.73 Å². The zero-order chi connectivity index (χ0) is 13.4. The molecule has 0 aliphatic heterocycles. The Morgan fingerprint density at radius 3 is 2.89 bits per heavy atom. The van der Waals surface area contributed by atoms with Crippen LogP contribution in [0.3, 0.4) is 0 Å². The third-order valence-electron chi connectivity index (χ3n) is 2.86. The van der Waals surface area contributed by atoms with Crippen molar-refractivity contribution in [2.75, 3.05) is 13.1 Å². The number of carbonyl (C=O) groups excluding carboxylic acids is 1. The summed E-state index contributed by atoms with van der Waals surface area (Å²) in [5, 5.41) is 2.85. The first kappa shape index (κ1) is 14.4. The van der Waals surface area contributed by atoms with Gasteiger partial charge in [0.25, 0.3) is 5.91 Å². The van der Waals surface area contributed by atoms with Crippen molar-refractivity contribution in [3.8, 4) is 0 Å². The lowest BCUT2D eigenvalue weighted by Crippen LogP contribution is -2.31. The first-order valence-corrected chi connectivity index (χ1v) is 6.34. The summed E-state index contributed by atoms with van der Waals surface area (Å²) in [6.07, 6.45) is 4.50. The molecule has 0 bridgehead atoms. The summed E-state index contributed by atoms with van der Waals surface area (Å²) < 4.78 is 0. The molecule has 1 rings (SSSR count). The van der Waals surface area contributed by atoms with Gasteiger partial charge in [-0.1, -0.05) is 13.3 Å². The van der Waals surface area contributed by atoms with E-state index in [1.54, 1.807) is 6.07 Å². The van der Waals surface area contributed by atoms with Crippen LogP contribution in [-0.4, -0.2) is 24.0 Å². The molecule has 5 nitrogen and oxygen atoms in total. The fourth-order valence-corrected chi connectivity index (χ4v) is 1.92. The third-order valence-corrected chi connectivity index (χ3v) is 2.86. The second-order valence-electron chi connectivity index (χ2n) is 4.38. The van der Waals surface area contributed by atoms with Gasteiger partial charge in [-0.3, -0.25) is 9.59 Å². The molecule has 5 heteroatoms. The van der Waals surface area contributed by atoms with Crippen molar-refractivity contribution >= 4 is 5.91 Å². The van der Waals surface area contributed by atoms with Crippen molar-refractivity contribution in [1.29, 1.82) is 0 Å². The fourth-order valence-electron chi connectivity index (χ4n) is 1.92. The van der Waals surface area contributed by atoms with Gasteiger partial charge in [-0.25, -0.2) is 0 Å². The van der Waals surface area contributed by atoms with Gasteiger partial charge in [0.05, 0.1) is 0 Å². The Hall–Kier alpha value is -1.62. The zero-order valence-corrected chi connectivity index (χ0v) is 10.7. The van der Waals surface area contributed by atoms with Gasteiger partial charge in [0.15, 0.2) is 0 Å². The first-order chi connectivity index (χ1) is 8.67. The van der Waals surface area contributed by atoms with Crippen molar-refractivity contribution in [3.63, 3.8) is 0 Å². The Labute approximate surface area is 107 Å². The molecule has 4 N–H and O–H groups in total. The molecule has 1 aromatic heterocycles. The molecule has 0 aromatic carbocycles. The largest absolute Gasteiger partial charge is 0.352 e. The lowest BCUT2D eigenvalue weighted by molar-refractivity contribution is 0.0945. The van der Waals surface area contributed by atoms with Crippen LogP contribution in [0.25, 0.3) is 0 Å². The number of aromatic nitrogens is 1. The highest BCUT2D eigenvalue weighted by atomic mass is 16.2. The number of nitrogens with one attached hydrogen (secondary N) is 2.